The molecule has 4 nitrogen and oxygen atoms in total. The zero-order chi connectivity index (χ0) is 13.9. The first-order valence-electron chi connectivity index (χ1n) is 7.35. The second kappa shape index (κ2) is 6.37. The smallest absolute Gasteiger partial charge is 0.215 e. The molecule has 0 spiro atoms. The summed E-state index contributed by atoms with van der Waals surface area (Å²) in [5.74, 6) is 0. The number of likely N-dealkylation sites (tertiary alicyclic amines) is 1. The monoisotopic (exact) mass is 286 g/mol. The van der Waals surface area contributed by atoms with Crippen molar-refractivity contribution in [1.29, 1.82) is 0 Å². The fourth-order valence-electron chi connectivity index (χ4n) is 3.16. The Morgan fingerprint density at radius 1 is 1.26 bits per heavy atom. The summed E-state index contributed by atoms with van der Waals surface area (Å²) >= 11 is 0. The highest BCUT2D eigenvalue weighted by molar-refractivity contribution is 7.90. The molecule has 2 rings (SSSR count). The Bertz CT molecular complexity index is 413. The van der Waals surface area contributed by atoms with Crippen molar-refractivity contribution in [3.63, 3.8) is 0 Å². The van der Waals surface area contributed by atoms with E-state index in [0.717, 1.165) is 57.2 Å². The van der Waals surface area contributed by atoms with Crippen molar-refractivity contribution in [2.24, 2.45) is 0 Å². The van der Waals surface area contributed by atoms with Crippen molar-refractivity contribution < 1.29 is 8.42 Å². The molecule has 1 saturated carbocycles. The van der Waals surface area contributed by atoms with Gasteiger partial charge in [0.25, 0.3) is 0 Å². The molecule has 0 aromatic rings. The summed E-state index contributed by atoms with van der Waals surface area (Å²) in [6.45, 7) is 8.36. The Morgan fingerprint density at radius 2 is 1.95 bits per heavy atom. The lowest BCUT2D eigenvalue weighted by molar-refractivity contribution is 0.247. The van der Waals surface area contributed by atoms with E-state index >= 15 is 0 Å². The Labute approximate surface area is 117 Å². The molecule has 0 aromatic carbocycles. The molecule has 1 saturated heterocycles. The van der Waals surface area contributed by atoms with Crippen LogP contribution in [0.3, 0.4) is 0 Å². The predicted molar refractivity (Wildman–Crippen MR) is 78.6 cm³/mol. The van der Waals surface area contributed by atoms with E-state index in [-0.39, 0.29) is 11.3 Å². The summed E-state index contributed by atoms with van der Waals surface area (Å²) in [7, 11) is -3.16. The topological polar surface area (TPSA) is 49.4 Å². The first kappa shape index (κ1) is 15.0. The van der Waals surface area contributed by atoms with Gasteiger partial charge in [-0.3, -0.25) is 4.90 Å². The van der Waals surface area contributed by atoms with Crippen LogP contribution in [0.1, 0.15) is 45.4 Å². The summed E-state index contributed by atoms with van der Waals surface area (Å²) in [5.41, 5.74) is 1.10. The second-order valence-electron chi connectivity index (χ2n) is 6.10. The van der Waals surface area contributed by atoms with Crippen LogP contribution in [0.5, 0.6) is 0 Å². The van der Waals surface area contributed by atoms with Gasteiger partial charge in [-0.25, -0.2) is 13.1 Å². The average molecular weight is 286 g/mol. The number of piperidine rings is 1. The summed E-state index contributed by atoms with van der Waals surface area (Å²) in [6, 6.07) is 0.182. The molecule has 2 aliphatic rings. The van der Waals surface area contributed by atoms with Crippen molar-refractivity contribution in [3.8, 4) is 0 Å². The molecule has 0 aromatic heterocycles. The molecule has 1 aliphatic heterocycles. The van der Waals surface area contributed by atoms with Crippen LogP contribution >= 0.6 is 0 Å². The van der Waals surface area contributed by atoms with E-state index in [4.69, 9.17) is 0 Å². The Morgan fingerprint density at radius 3 is 2.58 bits per heavy atom. The third-order valence-corrected chi connectivity index (χ3v) is 6.01. The molecule has 0 radical (unpaired) electrons. The SMILES string of the molecule is C=C(C)CN1CCC[C@H](S(=O)(=O)NC2CCCC2)C1. The number of nitrogens with zero attached hydrogens (tertiary/aromatic N) is 1. The Balaban J connectivity index is 1.93. The van der Waals surface area contributed by atoms with Gasteiger partial charge in [0.15, 0.2) is 0 Å². The van der Waals surface area contributed by atoms with Gasteiger partial charge in [0.1, 0.15) is 0 Å². The average Bonchev–Trinajstić information content (AvgIpc) is 2.80. The van der Waals surface area contributed by atoms with E-state index < -0.39 is 10.0 Å². The van der Waals surface area contributed by atoms with Crippen LogP contribution in [0.25, 0.3) is 0 Å². The number of hydrogen-bond donors (Lipinski definition) is 1. The second-order valence-corrected chi connectivity index (χ2v) is 8.09. The fraction of sp³-hybridized carbons (Fsp3) is 0.857. The lowest BCUT2D eigenvalue weighted by Crippen LogP contribution is -2.48. The third kappa shape index (κ3) is 4.29. The molecule has 19 heavy (non-hydrogen) atoms. The zero-order valence-corrected chi connectivity index (χ0v) is 12.7. The summed E-state index contributed by atoms with van der Waals surface area (Å²) in [6.07, 6.45) is 6.06. The largest absolute Gasteiger partial charge is 0.298 e. The van der Waals surface area contributed by atoms with Gasteiger partial charge in [-0.15, -0.1) is 0 Å². The maximum Gasteiger partial charge on any atom is 0.215 e. The van der Waals surface area contributed by atoms with Crippen LogP contribution in [0, 0.1) is 0 Å². The maximum absolute atomic E-state index is 12.4. The Hall–Kier alpha value is -0.390. The molecule has 2 fully saturated rings. The van der Waals surface area contributed by atoms with Gasteiger partial charge in [-0.1, -0.05) is 25.0 Å². The maximum atomic E-state index is 12.4. The van der Waals surface area contributed by atoms with Crippen molar-refractivity contribution in [3.05, 3.63) is 12.2 Å². The molecule has 1 atom stereocenters. The van der Waals surface area contributed by atoms with E-state index in [0.29, 0.717) is 6.54 Å². The van der Waals surface area contributed by atoms with Gasteiger partial charge in [0.05, 0.1) is 5.25 Å². The quantitative estimate of drug-likeness (QED) is 0.785. The molecule has 0 amide bonds. The minimum Gasteiger partial charge on any atom is -0.298 e. The predicted octanol–water partition coefficient (Wildman–Crippen LogP) is 1.89. The van der Waals surface area contributed by atoms with Crippen LogP contribution in [0.15, 0.2) is 12.2 Å². The van der Waals surface area contributed by atoms with Gasteiger partial charge < -0.3 is 0 Å². The van der Waals surface area contributed by atoms with E-state index in [1.165, 1.54) is 0 Å². The zero-order valence-electron chi connectivity index (χ0n) is 11.9. The molecular formula is C14H26N2O2S. The summed E-state index contributed by atoms with van der Waals surface area (Å²) in [4.78, 5) is 2.21. The summed E-state index contributed by atoms with van der Waals surface area (Å²) in [5, 5.41) is -0.249. The van der Waals surface area contributed by atoms with Crippen molar-refractivity contribution >= 4 is 10.0 Å². The molecular weight excluding hydrogens is 260 g/mol. The van der Waals surface area contributed by atoms with E-state index in [1.54, 1.807) is 0 Å². The van der Waals surface area contributed by atoms with Crippen molar-refractivity contribution in [2.75, 3.05) is 19.6 Å². The highest BCUT2D eigenvalue weighted by atomic mass is 32.2. The highest BCUT2D eigenvalue weighted by Gasteiger charge is 2.32. The summed E-state index contributed by atoms with van der Waals surface area (Å²) < 4.78 is 27.7. The van der Waals surface area contributed by atoms with Gasteiger partial charge in [-0.05, 0) is 39.2 Å². The number of nitrogens with one attached hydrogen (secondary N) is 1. The van der Waals surface area contributed by atoms with Crippen molar-refractivity contribution in [2.45, 2.75) is 56.7 Å². The first-order chi connectivity index (χ1) is 8.97. The van der Waals surface area contributed by atoms with Crippen LogP contribution in [-0.4, -0.2) is 44.2 Å². The third-order valence-electron chi connectivity index (χ3n) is 4.08. The number of hydrogen-bond acceptors (Lipinski definition) is 3. The molecule has 0 unspecified atom stereocenters. The minimum atomic E-state index is -3.16. The van der Waals surface area contributed by atoms with Gasteiger partial charge in [0, 0.05) is 19.1 Å². The van der Waals surface area contributed by atoms with Gasteiger partial charge in [-0.2, -0.15) is 0 Å². The van der Waals surface area contributed by atoms with Crippen LogP contribution in [-0.2, 0) is 10.0 Å². The Kier molecular flexibility index (Phi) is 5.03. The van der Waals surface area contributed by atoms with Gasteiger partial charge >= 0.3 is 0 Å². The fourth-order valence-corrected chi connectivity index (χ4v) is 4.94. The lowest BCUT2D eigenvalue weighted by Gasteiger charge is -2.33. The first-order valence-corrected chi connectivity index (χ1v) is 8.90. The molecule has 1 heterocycles. The molecule has 5 heteroatoms. The highest BCUT2D eigenvalue weighted by Crippen LogP contribution is 2.22. The van der Waals surface area contributed by atoms with E-state index in [9.17, 15) is 8.42 Å². The lowest BCUT2D eigenvalue weighted by atomic mass is 10.1. The van der Waals surface area contributed by atoms with E-state index in [1.807, 2.05) is 6.92 Å². The van der Waals surface area contributed by atoms with Gasteiger partial charge in [0.2, 0.25) is 10.0 Å². The van der Waals surface area contributed by atoms with Crippen LogP contribution in [0.2, 0.25) is 0 Å². The van der Waals surface area contributed by atoms with Crippen LogP contribution in [0.4, 0.5) is 0 Å². The van der Waals surface area contributed by atoms with Crippen molar-refractivity contribution in [1.82, 2.24) is 9.62 Å². The standard InChI is InChI=1S/C14H26N2O2S/c1-12(2)10-16-9-5-8-14(11-16)19(17,18)15-13-6-3-4-7-13/h13-15H,1,3-11H2,2H3/t14-/m0/s1. The minimum absolute atomic E-state index is 0.182. The normalized spacial score (nSPS) is 26.7. The molecule has 110 valence electrons. The van der Waals surface area contributed by atoms with Crippen LogP contribution < -0.4 is 4.72 Å². The number of rotatable bonds is 5. The molecule has 1 aliphatic carbocycles. The van der Waals surface area contributed by atoms with E-state index in [2.05, 4.69) is 16.2 Å². The number of sulfonamides is 1. The molecule has 0 bridgehead atoms. The molecule has 1 N–H and O–H groups in total.